The molecule has 0 unspecified atom stereocenters. The van der Waals surface area contributed by atoms with E-state index in [1.54, 1.807) is 6.07 Å². The number of rotatable bonds is 4. The summed E-state index contributed by atoms with van der Waals surface area (Å²) in [5.74, 6) is 0.321. The number of carbonyl (C=O) groups excluding carboxylic acids is 1. The van der Waals surface area contributed by atoms with Crippen LogP contribution in [0.2, 0.25) is 5.02 Å². The Bertz CT molecular complexity index is 870. The molecule has 1 saturated carbocycles. The van der Waals surface area contributed by atoms with Crippen LogP contribution in [0.1, 0.15) is 30.0 Å². The molecule has 0 aromatic heterocycles. The maximum atomic E-state index is 12.7. The summed E-state index contributed by atoms with van der Waals surface area (Å²) >= 11 is 6.24. The first-order valence-corrected chi connectivity index (χ1v) is 9.80. The smallest absolute Gasteiger partial charge is 0.224 e. The van der Waals surface area contributed by atoms with Crippen molar-refractivity contribution in [3.8, 4) is 5.75 Å². The van der Waals surface area contributed by atoms with Crippen LogP contribution in [0.3, 0.4) is 0 Å². The number of nitrogens with one attached hydrogen (secondary N) is 1. The summed E-state index contributed by atoms with van der Waals surface area (Å²) < 4.78 is 0. The van der Waals surface area contributed by atoms with E-state index in [-0.39, 0.29) is 29.0 Å². The van der Waals surface area contributed by atoms with E-state index in [0.29, 0.717) is 18.1 Å². The fourth-order valence-corrected chi connectivity index (χ4v) is 4.50. The molecule has 1 fully saturated rings. The Morgan fingerprint density at radius 1 is 1.30 bits per heavy atom. The molecule has 142 valence electrons. The average Bonchev–Trinajstić information content (AvgIpc) is 3.37. The third-order valence-electron chi connectivity index (χ3n) is 6.31. The molecule has 4 nitrogen and oxygen atoms in total. The monoisotopic (exact) mass is 384 g/mol. The lowest BCUT2D eigenvalue weighted by molar-refractivity contribution is -0.123. The molecule has 0 bridgehead atoms. The van der Waals surface area contributed by atoms with Crippen LogP contribution in [0, 0.1) is 5.92 Å². The first kappa shape index (κ1) is 18.3. The van der Waals surface area contributed by atoms with Crippen molar-refractivity contribution in [2.75, 3.05) is 13.6 Å². The second-order valence-electron chi connectivity index (χ2n) is 8.09. The summed E-state index contributed by atoms with van der Waals surface area (Å²) in [4.78, 5) is 14.9. The van der Waals surface area contributed by atoms with E-state index in [1.165, 1.54) is 5.56 Å². The minimum Gasteiger partial charge on any atom is -0.506 e. The summed E-state index contributed by atoms with van der Waals surface area (Å²) in [7, 11) is 2.03. The van der Waals surface area contributed by atoms with E-state index >= 15 is 0 Å². The van der Waals surface area contributed by atoms with Gasteiger partial charge in [-0.25, -0.2) is 0 Å². The standard InChI is InChI=1S/C22H25ClN2O2/c1-22(15-6-4-3-5-7-15)11-18(22)21(27)24-12-16-10-14-8-9-19(26)20(23)17(14)13-25(16)2/h3-9,16,18,26H,10-13H2,1-2H3,(H,24,27)/t16-,18-,22-/m0/s1. The highest BCUT2D eigenvalue weighted by Crippen LogP contribution is 2.53. The summed E-state index contributed by atoms with van der Waals surface area (Å²) in [6.45, 7) is 3.47. The highest BCUT2D eigenvalue weighted by atomic mass is 35.5. The number of carbonyl (C=O) groups is 1. The van der Waals surface area contributed by atoms with Crippen LogP contribution >= 0.6 is 11.6 Å². The second kappa shape index (κ2) is 6.84. The molecule has 5 heteroatoms. The summed E-state index contributed by atoms with van der Waals surface area (Å²) in [5, 5.41) is 13.4. The number of phenols is 1. The van der Waals surface area contributed by atoms with Gasteiger partial charge in [0.15, 0.2) is 0 Å². The van der Waals surface area contributed by atoms with E-state index in [0.717, 1.165) is 24.0 Å². The number of benzene rings is 2. The molecule has 2 aliphatic rings. The average molecular weight is 385 g/mol. The van der Waals surface area contributed by atoms with Crippen molar-refractivity contribution in [3.05, 3.63) is 64.2 Å². The lowest BCUT2D eigenvalue weighted by Gasteiger charge is -2.34. The van der Waals surface area contributed by atoms with Crippen LogP contribution in [0.4, 0.5) is 0 Å². The van der Waals surface area contributed by atoms with Gasteiger partial charge in [-0.15, -0.1) is 0 Å². The Labute approximate surface area is 165 Å². The molecule has 2 aromatic carbocycles. The van der Waals surface area contributed by atoms with Gasteiger partial charge in [-0.1, -0.05) is 54.9 Å². The fraction of sp³-hybridized carbons (Fsp3) is 0.409. The van der Waals surface area contributed by atoms with Gasteiger partial charge < -0.3 is 10.4 Å². The molecule has 1 amide bonds. The highest BCUT2D eigenvalue weighted by molar-refractivity contribution is 6.32. The maximum absolute atomic E-state index is 12.7. The lowest BCUT2D eigenvalue weighted by atomic mass is 9.93. The van der Waals surface area contributed by atoms with Crippen molar-refractivity contribution < 1.29 is 9.90 Å². The quantitative estimate of drug-likeness (QED) is 0.848. The van der Waals surface area contributed by atoms with Gasteiger partial charge in [0.05, 0.1) is 5.02 Å². The zero-order chi connectivity index (χ0) is 19.2. The normalized spacial score (nSPS) is 27.1. The number of halogens is 1. The van der Waals surface area contributed by atoms with Gasteiger partial charge in [-0.2, -0.15) is 0 Å². The van der Waals surface area contributed by atoms with Gasteiger partial charge in [0.25, 0.3) is 0 Å². The van der Waals surface area contributed by atoms with Crippen molar-refractivity contribution in [3.63, 3.8) is 0 Å². The molecule has 1 heterocycles. The van der Waals surface area contributed by atoms with Crippen molar-refractivity contribution in [2.24, 2.45) is 5.92 Å². The van der Waals surface area contributed by atoms with Crippen LogP contribution in [-0.4, -0.2) is 35.5 Å². The summed E-state index contributed by atoms with van der Waals surface area (Å²) in [5.41, 5.74) is 3.33. The van der Waals surface area contributed by atoms with E-state index in [4.69, 9.17) is 11.6 Å². The number of hydrogen-bond acceptors (Lipinski definition) is 3. The largest absolute Gasteiger partial charge is 0.506 e. The van der Waals surface area contributed by atoms with Crippen molar-refractivity contribution in [1.82, 2.24) is 10.2 Å². The van der Waals surface area contributed by atoms with Crippen LogP contribution in [0.15, 0.2) is 42.5 Å². The molecule has 0 saturated heterocycles. The molecule has 3 atom stereocenters. The van der Waals surface area contributed by atoms with Crippen molar-refractivity contribution >= 4 is 17.5 Å². The first-order valence-electron chi connectivity index (χ1n) is 9.43. The van der Waals surface area contributed by atoms with Gasteiger partial charge in [-0.3, -0.25) is 9.69 Å². The molecule has 2 aromatic rings. The van der Waals surface area contributed by atoms with E-state index < -0.39 is 0 Å². The van der Waals surface area contributed by atoms with E-state index in [9.17, 15) is 9.90 Å². The number of phenolic OH excluding ortho intramolecular Hbond substituents is 1. The van der Waals surface area contributed by atoms with E-state index in [1.807, 2.05) is 31.3 Å². The van der Waals surface area contributed by atoms with Crippen molar-refractivity contribution in [2.45, 2.75) is 37.8 Å². The third kappa shape index (κ3) is 3.32. The highest BCUT2D eigenvalue weighted by Gasteiger charge is 2.55. The second-order valence-corrected chi connectivity index (χ2v) is 8.47. The SMILES string of the molecule is CN1Cc2c(ccc(O)c2Cl)C[C@H]1CNC(=O)[C@@H]1C[C@@]1(C)c1ccccc1. The van der Waals surface area contributed by atoms with Gasteiger partial charge >= 0.3 is 0 Å². The van der Waals surface area contributed by atoms with Gasteiger partial charge in [0.2, 0.25) is 5.91 Å². The fourth-order valence-electron chi connectivity index (χ4n) is 4.25. The number of fused-ring (bicyclic) bond motifs is 1. The number of aromatic hydroxyl groups is 1. The minimum absolute atomic E-state index is 0.0402. The minimum atomic E-state index is -0.0402. The Morgan fingerprint density at radius 2 is 2.04 bits per heavy atom. The molecule has 0 radical (unpaired) electrons. The third-order valence-corrected chi connectivity index (χ3v) is 6.73. The Hall–Kier alpha value is -2.04. The maximum Gasteiger partial charge on any atom is 0.224 e. The predicted molar refractivity (Wildman–Crippen MR) is 107 cm³/mol. The molecule has 4 rings (SSSR count). The number of hydrogen-bond donors (Lipinski definition) is 2. The van der Waals surface area contributed by atoms with Crippen LogP contribution in [0.25, 0.3) is 0 Å². The summed E-state index contributed by atoms with van der Waals surface area (Å²) in [6.07, 6.45) is 1.72. The Kier molecular flexibility index (Phi) is 4.65. The zero-order valence-corrected chi connectivity index (χ0v) is 16.5. The molecule has 2 N–H and O–H groups in total. The Morgan fingerprint density at radius 3 is 2.78 bits per heavy atom. The molecule has 0 spiro atoms. The van der Waals surface area contributed by atoms with Crippen LogP contribution < -0.4 is 5.32 Å². The van der Waals surface area contributed by atoms with Gasteiger partial charge in [-0.05, 0) is 42.6 Å². The van der Waals surface area contributed by atoms with Gasteiger partial charge in [0, 0.05) is 30.5 Å². The zero-order valence-electron chi connectivity index (χ0n) is 15.7. The summed E-state index contributed by atoms with van der Waals surface area (Å²) in [6, 6.07) is 14.1. The molecular formula is C22H25ClN2O2. The van der Waals surface area contributed by atoms with Crippen LogP contribution in [0.5, 0.6) is 5.75 Å². The van der Waals surface area contributed by atoms with Crippen LogP contribution in [-0.2, 0) is 23.2 Å². The lowest BCUT2D eigenvalue weighted by Crippen LogP contribution is -2.46. The number of nitrogens with zero attached hydrogens (tertiary/aromatic N) is 1. The Balaban J connectivity index is 1.38. The first-order chi connectivity index (χ1) is 12.9. The molecule has 1 aliphatic heterocycles. The number of likely N-dealkylation sites (N-methyl/N-ethyl adjacent to an activating group) is 1. The number of amides is 1. The van der Waals surface area contributed by atoms with Gasteiger partial charge in [0.1, 0.15) is 5.75 Å². The molecule has 27 heavy (non-hydrogen) atoms. The topological polar surface area (TPSA) is 52.6 Å². The molecule has 1 aliphatic carbocycles. The predicted octanol–water partition coefficient (Wildman–Crippen LogP) is 3.50. The van der Waals surface area contributed by atoms with Crippen molar-refractivity contribution in [1.29, 1.82) is 0 Å². The van der Waals surface area contributed by atoms with E-state index in [2.05, 4.69) is 29.3 Å². The molecular weight excluding hydrogens is 360 g/mol.